The molecule has 0 bridgehead atoms. The summed E-state index contributed by atoms with van der Waals surface area (Å²) in [4.78, 5) is 13.0. The van der Waals surface area contributed by atoms with Gasteiger partial charge >= 0.3 is 0 Å². The van der Waals surface area contributed by atoms with Gasteiger partial charge in [0.25, 0.3) is 0 Å². The van der Waals surface area contributed by atoms with E-state index in [-0.39, 0.29) is 24.4 Å². The molecule has 1 aliphatic rings. The van der Waals surface area contributed by atoms with Crippen molar-refractivity contribution in [2.75, 3.05) is 6.54 Å². The average molecular weight is 240 g/mol. The van der Waals surface area contributed by atoms with E-state index < -0.39 is 14.3 Å². The van der Waals surface area contributed by atoms with E-state index in [2.05, 4.69) is 0 Å². The van der Waals surface area contributed by atoms with E-state index >= 15 is 0 Å². The molecule has 4 nitrogen and oxygen atoms in total. The van der Waals surface area contributed by atoms with Crippen molar-refractivity contribution < 1.29 is 13.2 Å². The van der Waals surface area contributed by atoms with Crippen LogP contribution < -0.4 is 0 Å². The first kappa shape index (κ1) is 11.8. The highest BCUT2D eigenvalue weighted by Gasteiger charge is 2.41. The standard InChI is InChI=1S/C8H14ClNO3S/c1-8(2,3)10-5-6(4-7(10)11)14(9,12)13/h6H,4-5H2,1-3H3. The van der Waals surface area contributed by atoms with Crippen LogP contribution in [0.15, 0.2) is 0 Å². The topological polar surface area (TPSA) is 54.5 Å². The molecule has 0 aromatic carbocycles. The van der Waals surface area contributed by atoms with Crippen LogP contribution in [-0.2, 0) is 13.8 Å². The Bertz CT molecular complexity index is 344. The van der Waals surface area contributed by atoms with Crippen molar-refractivity contribution in [2.45, 2.75) is 38.0 Å². The number of carbonyl (C=O) groups excluding carboxylic acids is 1. The molecule has 1 rings (SSSR count). The smallest absolute Gasteiger partial charge is 0.237 e. The maximum absolute atomic E-state index is 11.5. The van der Waals surface area contributed by atoms with Gasteiger partial charge in [-0.15, -0.1) is 0 Å². The van der Waals surface area contributed by atoms with Gasteiger partial charge in [-0.25, -0.2) is 8.42 Å². The lowest BCUT2D eigenvalue weighted by molar-refractivity contribution is -0.131. The molecule has 1 unspecified atom stereocenters. The molecule has 0 N–H and O–H groups in total. The van der Waals surface area contributed by atoms with E-state index in [4.69, 9.17) is 10.7 Å². The van der Waals surface area contributed by atoms with E-state index in [1.165, 1.54) is 0 Å². The van der Waals surface area contributed by atoms with Gasteiger partial charge in [-0.05, 0) is 20.8 Å². The van der Waals surface area contributed by atoms with Gasteiger partial charge in [-0.1, -0.05) is 0 Å². The summed E-state index contributed by atoms with van der Waals surface area (Å²) >= 11 is 0. The zero-order valence-corrected chi connectivity index (χ0v) is 10.0. The number of amides is 1. The molecule has 1 amide bonds. The number of rotatable bonds is 1. The van der Waals surface area contributed by atoms with Crippen molar-refractivity contribution in [1.29, 1.82) is 0 Å². The van der Waals surface area contributed by atoms with Gasteiger partial charge in [0.05, 0.1) is 0 Å². The van der Waals surface area contributed by atoms with Crippen molar-refractivity contribution >= 4 is 25.6 Å². The highest BCUT2D eigenvalue weighted by molar-refractivity contribution is 8.14. The van der Waals surface area contributed by atoms with Gasteiger partial charge in [0.2, 0.25) is 15.0 Å². The van der Waals surface area contributed by atoms with E-state index in [0.717, 1.165) is 0 Å². The van der Waals surface area contributed by atoms with Crippen LogP contribution >= 0.6 is 10.7 Å². The minimum Gasteiger partial charge on any atom is -0.336 e. The molecule has 14 heavy (non-hydrogen) atoms. The summed E-state index contributed by atoms with van der Waals surface area (Å²) in [6.07, 6.45) is 0.00308. The van der Waals surface area contributed by atoms with Crippen molar-refractivity contribution in [3.05, 3.63) is 0 Å². The van der Waals surface area contributed by atoms with Crippen LogP contribution in [0.4, 0.5) is 0 Å². The number of nitrogens with zero attached hydrogens (tertiary/aromatic N) is 1. The lowest BCUT2D eigenvalue weighted by Gasteiger charge is -2.31. The molecule has 6 heteroatoms. The van der Waals surface area contributed by atoms with Gasteiger partial charge in [0.1, 0.15) is 5.25 Å². The van der Waals surface area contributed by atoms with Crippen molar-refractivity contribution in [1.82, 2.24) is 4.90 Å². The van der Waals surface area contributed by atoms with Crippen LogP contribution in [0.25, 0.3) is 0 Å². The molecule has 0 radical (unpaired) electrons. The van der Waals surface area contributed by atoms with Crippen LogP contribution in [0.1, 0.15) is 27.2 Å². The van der Waals surface area contributed by atoms with Crippen LogP contribution in [0.2, 0.25) is 0 Å². The first-order valence-electron chi connectivity index (χ1n) is 4.36. The highest BCUT2D eigenvalue weighted by Crippen LogP contribution is 2.27. The Hall–Kier alpha value is -0.290. The Kier molecular flexibility index (Phi) is 2.84. The third-order valence-corrected chi connectivity index (χ3v) is 4.17. The summed E-state index contributed by atoms with van der Waals surface area (Å²) in [5.41, 5.74) is -0.340. The van der Waals surface area contributed by atoms with Crippen molar-refractivity contribution in [3.63, 3.8) is 0 Å². The molecule has 1 saturated heterocycles. The summed E-state index contributed by atoms with van der Waals surface area (Å²) in [7, 11) is 1.59. The molecule has 1 heterocycles. The van der Waals surface area contributed by atoms with E-state index in [1.807, 2.05) is 20.8 Å². The van der Waals surface area contributed by atoms with Crippen LogP contribution in [0.3, 0.4) is 0 Å². The zero-order chi connectivity index (χ0) is 11.1. The molecular weight excluding hydrogens is 226 g/mol. The minimum absolute atomic E-state index is 0.00308. The van der Waals surface area contributed by atoms with E-state index in [1.54, 1.807) is 4.90 Å². The Morgan fingerprint density at radius 2 is 1.93 bits per heavy atom. The maximum Gasteiger partial charge on any atom is 0.237 e. The second-order valence-electron chi connectivity index (χ2n) is 4.48. The first-order valence-corrected chi connectivity index (χ1v) is 6.73. The first-order chi connectivity index (χ1) is 6.12. The normalized spacial score (nSPS) is 24.4. The summed E-state index contributed by atoms with van der Waals surface area (Å²) in [6, 6.07) is 0. The summed E-state index contributed by atoms with van der Waals surface area (Å²) < 4.78 is 22.1. The van der Waals surface area contributed by atoms with Crippen LogP contribution in [-0.4, -0.2) is 36.6 Å². The predicted molar refractivity (Wildman–Crippen MR) is 54.6 cm³/mol. The molecule has 1 atom stereocenters. The predicted octanol–water partition coefficient (Wildman–Crippen LogP) is 0.954. The van der Waals surface area contributed by atoms with Crippen LogP contribution in [0, 0.1) is 0 Å². The molecule has 0 aromatic heterocycles. The Morgan fingerprint density at radius 3 is 2.14 bits per heavy atom. The maximum atomic E-state index is 11.5. The second kappa shape index (κ2) is 3.38. The molecule has 1 fully saturated rings. The molecule has 0 aromatic rings. The Labute approximate surface area is 88.6 Å². The number of halogens is 1. The average Bonchev–Trinajstić information content (AvgIpc) is 2.27. The fourth-order valence-corrected chi connectivity index (χ4v) is 2.54. The highest BCUT2D eigenvalue weighted by atomic mass is 35.7. The van der Waals surface area contributed by atoms with Gasteiger partial charge in [-0.3, -0.25) is 4.79 Å². The SMILES string of the molecule is CC(C)(C)N1CC(S(=O)(=O)Cl)CC1=O. The summed E-state index contributed by atoms with van der Waals surface area (Å²) in [6.45, 7) is 5.81. The monoisotopic (exact) mass is 239 g/mol. The number of likely N-dealkylation sites (tertiary alicyclic amines) is 1. The van der Waals surface area contributed by atoms with Gasteiger partial charge < -0.3 is 4.90 Å². The third-order valence-electron chi connectivity index (χ3n) is 2.30. The third kappa shape index (κ3) is 2.39. The quantitative estimate of drug-likeness (QED) is 0.641. The second-order valence-corrected chi connectivity index (χ2v) is 7.39. The number of hydrogen-bond donors (Lipinski definition) is 0. The fourth-order valence-electron chi connectivity index (χ4n) is 1.51. The molecule has 1 aliphatic heterocycles. The lowest BCUT2D eigenvalue weighted by atomic mass is 10.1. The zero-order valence-electron chi connectivity index (χ0n) is 8.45. The molecule has 82 valence electrons. The van der Waals surface area contributed by atoms with Gasteiger partial charge in [0, 0.05) is 29.2 Å². The van der Waals surface area contributed by atoms with E-state index in [9.17, 15) is 13.2 Å². The van der Waals surface area contributed by atoms with Crippen molar-refractivity contribution in [2.24, 2.45) is 0 Å². The molecule has 0 saturated carbocycles. The Morgan fingerprint density at radius 1 is 1.43 bits per heavy atom. The number of carbonyl (C=O) groups is 1. The Balaban J connectivity index is 2.86. The number of hydrogen-bond acceptors (Lipinski definition) is 3. The largest absolute Gasteiger partial charge is 0.336 e. The van der Waals surface area contributed by atoms with Crippen LogP contribution in [0.5, 0.6) is 0 Å². The summed E-state index contributed by atoms with van der Waals surface area (Å²) in [5, 5.41) is -0.754. The van der Waals surface area contributed by atoms with Crippen molar-refractivity contribution in [3.8, 4) is 0 Å². The molecule has 0 aliphatic carbocycles. The van der Waals surface area contributed by atoms with E-state index in [0.29, 0.717) is 0 Å². The van der Waals surface area contributed by atoms with Gasteiger partial charge in [0.15, 0.2) is 0 Å². The molecular formula is C8H14ClNO3S. The molecule has 0 spiro atoms. The van der Waals surface area contributed by atoms with Gasteiger partial charge in [-0.2, -0.15) is 0 Å². The lowest BCUT2D eigenvalue weighted by Crippen LogP contribution is -2.42. The minimum atomic E-state index is -3.62. The fraction of sp³-hybridized carbons (Fsp3) is 0.875. The summed E-state index contributed by atoms with van der Waals surface area (Å²) in [5.74, 6) is -0.147.